The summed E-state index contributed by atoms with van der Waals surface area (Å²) in [4.78, 5) is 6.55. The van der Waals surface area contributed by atoms with Gasteiger partial charge in [0.25, 0.3) is 0 Å². The van der Waals surface area contributed by atoms with Gasteiger partial charge in [0.15, 0.2) is 0 Å². The van der Waals surface area contributed by atoms with Crippen molar-refractivity contribution in [1.29, 1.82) is 0 Å². The highest BCUT2D eigenvalue weighted by Crippen LogP contribution is 2.30. The van der Waals surface area contributed by atoms with Gasteiger partial charge in [-0.25, -0.2) is 0 Å². The molecule has 2 aliphatic heterocycles. The summed E-state index contributed by atoms with van der Waals surface area (Å²) >= 11 is 0. The van der Waals surface area contributed by atoms with Crippen LogP contribution in [-0.4, -0.2) is 17.7 Å². The molecular weight excluding hydrogens is 232 g/mol. The molecule has 0 N–H and O–H groups in total. The Balaban J connectivity index is 1.82. The first-order valence-electron chi connectivity index (χ1n) is 6.54. The van der Waals surface area contributed by atoms with Gasteiger partial charge in [-0.05, 0) is 30.7 Å². The van der Waals surface area contributed by atoms with Gasteiger partial charge in [0.05, 0.1) is 5.69 Å². The zero-order valence-corrected chi connectivity index (χ0v) is 11.0. The second-order valence-corrected chi connectivity index (χ2v) is 4.53. The maximum atomic E-state index is 4.40. The number of aliphatic imine (C=N–C) groups is 1. The second kappa shape index (κ2) is 5.11. The van der Waals surface area contributed by atoms with E-state index in [0.29, 0.717) is 0 Å². The van der Waals surface area contributed by atoms with Crippen LogP contribution in [0.1, 0.15) is 12.5 Å². The number of para-hydroxylation sites is 1. The number of fused-ring (bicyclic) bond motifs is 1. The Morgan fingerprint density at radius 2 is 1.89 bits per heavy atom. The van der Waals surface area contributed by atoms with Crippen molar-refractivity contribution in [2.45, 2.75) is 6.92 Å². The SMILES string of the molecule is CCN1C=CC(=C/C=C2/C=Nc3ccccc32)C=C1. The van der Waals surface area contributed by atoms with Crippen LogP contribution >= 0.6 is 0 Å². The van der Waals surface area contributed by atoms with Crippen molar-refractivity contribution in [3.63, 3.8) is 0 Å². The highest BCUT2D eigenvalue weighted by Gasteiger charge is 2.09. The molecule has 1 aromatic rings. The quantitative estimate of drug-likeness (QED) is 0.770. The van der Waals surface area contributed by atoms with E-state index in [9.17, 15) is 0 Å². The highest BCUT2D eigenvalue weighted by atomic mass is 15.1. The van der Waals surface area contributed by atoms with E-state index in [1.165, 1.54) is 16.7 Å². The molecule has 0 aliphatic carbocycles. The van der Waals surface area contributed by atoms with Gasteiger partial charge in [-0.3, -0.25) is 4.99 Å². The van der Waals surface area contributed by atoms with E-state index in [4.69, 9.17) is 0 Å². The summed E-state index contributed by atoms with van der Waals surface area (Å²) in [6.07, 6.45) is 14.6. The van der Waals surface area contributed by atoms with E-state index in [1.807, 2.05) is 24.4 Å². The standard InChI is InChI=1S/C17H16N2/c1-2-19-11-9-14(10-12-19)7-8-15-13-18-17-6-4-3-5-16(15)17/h3-13H,2H2,1H3/b15-8-. The predicted molar refractivity (Wildman–Crippen MR) is 81.3 cm³/mol. The van der Waals surface area contributed by atoms with Crippen LogP contribution in [0.5, 0.6) is 0 Å². The van der Waals surface area contributed by atoms with Crippen molar-refractivity contribution in [2.24, 2.45) is 4.99 Å². The van der Waals surface area contributed by atoms with Crippen molar-refractivity contribution in [3.05, 3.63) is 72.1 Å². The maximum absolute atomic E-state index is 4.40. The van der Waals surface area contributed by atoms with Crippen LogP contribution in [0.3, 0.4) is 0 Å². The first-order valence-corrected chi connectivity index (χ1v) is 6.54. The number of nitrogens with zero attached hydrogens (tertiary/aromatic N) is 2. The van der Waals surface area contributed by atoms with E-state index >= 15 is 0 Å². The van der Waals surface area contributed by atoms with Crippen LogP contribution in [-0.2, 0) is 0 Å². The van der Waals surface area contributed by atoms with Gasteiger partial charge in [0.2, 0.25) is 0 Å². The van der Waals surface area contributed by atoms with Crippen LogP contribution in [0.4, 0.5) is 5.69 Å². The zero-order chi connectivity index (χ0) is 13.1. The van der Waals surface area contributed by atoms with Crippen molar-refractivity contribution in [3.8, 4) is 0 Å². The van der Waals surface area contributed by atoms with Crippen LogP contribution in [0.2, 0.25) is 0 Å². The molecule has 0 fully saturated rings. The van der Waals surface area contributed by atoms with Crippen molar-refractivity contribution >= 4 is 17.5 Å². The van der Waals surface area contributed by atoms with E-state index in [0.717, 1.165) is 12.2 Å². The van der Waals surface area contributed by atoms with Crippen molar-refractivity contribution in [2.75, 3.05) is 6.54 Å². The number of hydrogen-bond donors (Lipinski definition) is 0. The number of benzene rings is 1. The molecule has 2 heterocycles. The molecule has 1 aromatic carbocycles. The van der Waals surface area contributed by atoms with E-state index in [1.54, 1.807) is 0 Å². The summed E-state index contributed by atoms with van der Waals surface area (Å²) in [6, 6.07) is 8.22. The van der Waals surface area contributed by atoms with Gasteiger partial charge < -0.3 is 4.90 Å². The van der Waals surface area contributed by atoms with Gasteiger partial charge in [0.1, 0.15) is 0 Å². The van der Waals surface area contributed by atoms with Crippen molar-refractivity contribution < 1.29 is 0 Å². The molecule has 94 valence electrons. The van der Waals surface area contributed by atoms with Gasteiger partial charge in [-0.2, -0.15) is 0 Å². The molecule has 19 heavy (non-hydrogen) atoms. The molecule has 0 aromatic heterocycles. The molecule has 3 rings (SSSR count). The minimum atomic E-state index is 1.00. The largest absolute Gasteiger partial charge is 0.354 e. The molecule has 2 aliphatic rings. The summed E-state index contributed by atoms with van der Waals surface area (Å²) < 4.78 is 0. The normalized spacial score (nSPS) is 18.3. The molecule has 0 amide bonds. The molecule has 0 radical (unpaired) electrons. The molecule has 2 heteroatoms. The molecule has 2 nitrogen and oxygen atoms in total. The molecule has 0 bridgehead atoms. The monoisotopic (exact) mass is 248 g/mol. The molecular formula is C17H16N2. The zero-order valence-electron chi connectivity index (χ0n) is 11.0. The van der Waals surface area contributed by atoms with Crippen LogP contribution in [0.25, 0.3) is 5.57 Å². The fraction of sp³-hybridized carbons (Fsp3) is 0.118. The fourth-order valence-electron chi connectivity index (χ4n) is 2.15. The average molecular weight is 248 g/mol. The number of rotatable bonds is 2. The molecule has 0 unspecified atom stereocenters. The molecule has 0 saturated heterocycles. The van der Waals surface area contributed by atoms with Crippen molar-refractivity contribution in [1.82, 2.24) is 4.90 Å². The number of allylic oxidation sites excluding steroid dienone is 6. The lowest BCUT2D eigenvalue weighted by atomic mass is 10.1. The lowest BCUT2D eigenvalue weighted by Crippen LogP contribution is -2.09. The summed E-state index contributed by atoms with van der Waals surface area (Å²) in [6.45, 7) is 3.14. The lowest BCUT2D eigenvalue weighted by Gasteiger charge is -2.15. The third-order valence-electron chi connectivity index (χ3n) is 3.30. The van der Waals surface area contributed by atoms with Crippen LogP contribution < -0.4 is 0 Å². The van der Waals surface area contributed by atoms with E-state index in [-0.39, 0.29) is 0 Å². The molecule has 0 atom stereocenters. The van der Waals surface area contributed by atoms with Gasteiger partial charge >= 0.3 is 0 Å². The Morgan fingerprint density at radius 1 is 1.11 bits per heavy atom. The Labute approximate surface area is 113 Å². The maximum Gasteiger partial charge on any atom is 0.0708 e. The smallest absolute Gasteiger partial charge is 0.0708 e. The van der Waals surface area contributed by atoms with E-state index < -0.39 is 0 Å². The minimum absolute atomic E-state index is 1.00. The summed E-state index contributed by atoms with van der Waals surface area (Å²) in [7, 11) is 0. The highest BCUT2D eigenvalue weighted by molar-refractivity contribution is 6.16. The van der Waals surface area contributed by atoms with Crippen LogP contribution in [0.15, 0.2) is 71.5 Å². The Bertz CT molecular complexity index is 614. The van der Waals surface area contributed by atoms with Gasteiger partial charge in [-0.15, -0.1) is 0 Å². The second-order valence-electron chi connectivity index (χ2n) is 4.53. The third kappa shape index (κ3) is 2.43. The average Bonchev–Trinajstić information content (AvgIpc) is 2.89. The topological polar surface area (TPSA) is 15.6 Å². The lowest BCUT2D eigenvalue weighted by molar-refractivity contribution is 0.532. The summed E-state index contributed by atoms with van der Waals surface area (Å²) in [5, 5.41) is 0. The Hall–Kier alpha value is -2.35. The third-order valence-corrected chi connectivity index (χ3v) is 3.30. The summed E-state index contributed by atoms with van der Waals surface area (Å²) in [5.41, 5.74) is 4.63. The Morgan fingerprint density at radius 3 is 2.68 bits per heavy atom. The molecule has 0 spiro atoms. The first kappa shape index (κ1) is 11.7. The van der Waals surface area contributed by atoms with E-state index in [2.05, 4.69) is 59.6 Å². The van der Waals surface area contributed by atoms with Crippen LogP contribution in [0, 0.1) is 0 Å². The first-order chi connectivity index (χ1) is 9.36. The van der Waals surface area contributed by atoms with Gasteiger partial charge in [-0.1, -0.05) is 30.4 Å². The molecule has 0 saturated carbocycles. The minimum Gasteiger partial charge on any atom is -0.354 e. The summed E-state index contributed by atoms with van der Waals surface area (Å²) in [5.74, 6) is 0. The number of hydrogen-bond acceptors (Lipinski definition) is 2. The fourth-order valence-corrected chi connectivity index (χ4v) is 2.15. The Kier molecular flexibility index (Phi) is 3.15. The predicted octanol–water partition coefficient (Wildman–Crippen LogP) is 4.08. The van der Waals surface area contributed by atoms with Gasteiger partial charge in [0, 0.05) is 36.3 Å².